The number of aliphatic carboxylic acids is 1. The fourth-order valence-corrected chi connectivity index (χ4v) is 6.81. The summed E-state index contributed by atoms with van der Waals surface area (Å²) in [6.07, 6.45) is 4.47. The Balaban J connectivity index is 1.37. The Morgan fingerprint density at radius 1 is 1.17 bits per heavy atom. The number of hydrogen-bond acceptors (Lipinski definition) is 8. The Morgan fingerprint density at radius 3 is 2.50 bits per heavy atom. The van der Waals surface area contributed by atoms with Gasteiger partial charge in [-0.25, -0.2) is 9.78 Å². The molecule has 196 valence electrons. The lowest BCUT2D eigenvalue weighted by molar-refractivity contribution is -0.139. The van der Waals surface area contributed by atoms with Gasteiger partial charge in [0.1, 0.15) is 10.9 Å². The highest BCUT2D eigenvalue weighted by atomic mass is 32.1. The Morgan fingerprint density at radius 2 is 1.89 bits per heavy atom. The smallest absolute Gasteiger partial charge is 0.328 e. The molecule has 2 fully saturated rings. The van der Waals surface area contributed by atoms with E-state index in [1.807, 2.05) is 13.8 Å². The lowest BCUT2D eigenvalue weighted by Gasteiger charge is -2.39. The van der Waals surface area contributed by atoms with Crippen molar-refractivity contribution in [1.29, 1.82) is 0 Å². The van der Waals surface area contributed by atoms with E-state index in [1.165, 1.54) is 35.5 Å². The van der Waals surface area contributed by atoms with Gasteiger partial charge in [-0.2, -0.15) is 0 Å². The van der Waals surface area contributed by atoms with Gasteiger partial charge in [0.2, 0.25) is 0 Å². The quantitative estimate of drug-likeness (QED) is 0.391. The van der Waals surface area contributed by atoms with Gasteiger partial charge in [-0.15, -0.1) is 22.7 Å². The Hall–Kier alpha value is -2.34. The number of amides is 2. The summed E-state index contributed by atoms with van der Waals surface area (Å²) in [5.41, 5.74) is 0.753. The number of aromatic nitrogens is 1. The SMILES string of the molecule is CC(C)c1nc(C2CCN(C3CCNCC3)CC2)sc1C(=O)NC[C@H](NC(=O)c1cccs1)C(=O)O. The molecule has 1 atom stereocenters. The molecule has 2 aromatic heterocycles. The lowest BCUT2D eigenvalue weighted by atomic mass is 9.94. The van der Waals surface area contributed by atoms with Crippen molar-refractivity contribution < 1.29 is 19.5 Å². The number of thiazole rings is 1. The van der Waals surface area contributed by atoms with Crippen LogP contribution >= 0.6 is 22.7 Å². The summed E-state index contributed by atoms with van der Waals surface area (Å²) in [4.78, 5) is 45.5. The van der Waals surface area contributed by atoms with Crippen molar-refractivity contribution >= 4 is 40.5 Å². The first-order chi connectivity index (χ1) is 17.3. The summed E-state index contributed by atoms with van der Waals surface area (Å²) in [6, 6.07) is 2.79. The molecule has 2 aliphatic heterocycles. The molecule has 9 nitrogen and oxygen atoms in total. The Bertz CT molecular complexity index is 1040. The van der Waals surface area contributed by atoms with Crippen molar-refractivity contribution in [2.24, 2.45) is 0 Å². The maximum absolute atomic E-state index is 13.1. The second kappa shape index (κ2) is 12.3. The molecule has 36 heavy (non-hydrogen) atoms. The largest absolute Gasteiger partial charge is 0.480 e. The number of carbonyl (C=O) groups is 3. The lowest BCUT2D eigenvalue weighted by Crippen LogP contribution is -2.48. The van der Waals surface area contributed by atoms with Crippen LogP contribution in [0.1, 0.15) is 81.4 Å². The minimum Gasteiger partial charge on any atom is -0.480 e. The van der Waals surface area contributed by atoms with Crippen molar-refractivity contribution in [3.8, 4) is 0 Å². The monoisotopic (exact) mass is 533 g/mol. The highest BCUT2D eigenvalue weighted by molar-refractivity contribution is 7.14. The summed E-state index contributed by atoms with van der Waals surface area (Å²) >= 11 is 2.66. The normalized spacial score (nSPS) is 18.8. The number of carbonyl (C=O) groups excluding carboxylic acids is 2. The highest BCUT2D eigenvalue weighted by Crippen LogP contribution is 2.35. The summed E-state index contributed by atoms with van der Waals surface area (Å²) in [5, 5.41) is 20.9. The molecule has 2 aliphatic rings. The first-order valence-corrected chi connectivity index (χ1v) is 14.3. The predicted molar refractivity (Wildman–Crippen MR) is 141 cm³/mol. The van der Waals surface area contributed by atoms with E-state index >= 15 is 0 Å². The van der Waals surface area contributed by atoms with Gasteiger partial charge in [-0.3, -0.25) is 9.59 Å². The van der Waals surface area contributed by atoms with E-state index in [9.17, 15) is 19.5 Å². The number of carboxylic acid groups (broad SMARTS) is 1. The van der Waals surface area contributed by atoms with Crippen LogP contribution in [0.15, 0.2) is 17.5 Å². The summed E-state index contributed by atoms with van der Waals surface area (Å²) in [6.45, 7) is 8.11. The van der Waals surface area contributed by atoms with E-state index in [-0.39, 0.29) is 18.4 Å². The van der Waals surface area contributed by atoms with Gasteiger partial charge in [0.15, 0.2) is 0 Å². The molecule has 0 bridgehead atoms. The van der Waals surface area contributed by atoms with Crippen molar-refractivity contribution in [3.05, 3.63) is 38.0 Å². The zero-order valence-electron chi connectivity index (χ0n) is 20.8. The first-order valence-electron chi connectivity index (χ1n) is 12.6. The molecule has 0 saturated carbocycles. The highest BCUT2D eigenvalue weighted by Gasteiger charge is 2.31. The van der Waals surface area contributed by atoms with E-state index in [0.717, 1.165) is 49.7 Å². The molecule has 2 aromatic rings. The van der Waals surface area contributed by atoms with E-state index < -0.39 is 17.9 Å². The molecule has 2 amide bonds. The zero-order chi connectivity index (χ0) is 25.7. The molecule has 4 rings (SSSR count). The molecule has 2 saturated heterocycles. The van der Waals surface area contributed by atoms with Crippen LogP contribution in [0.3, 0.4) is 0 Å². The second-order valence-corrected chi connectivity index (χ2v) is 11.7. The zero-order valence-corrected chi connectivity index (χ0v) is 22.4. The molecular formula is C25H35N5O4S2. The number of carboxylic acids is 1. The van der Waals surface area contributed by atoms with E-state index in [0.29, 0.717) is 21.7 Å². The summed E-state index contributed by atoms with van der Waals surface area (Å²) < 4.78 is 0. The number of likely N-dealkylation sites (tertiary alicyclic amines) is 1. The third kappa shape index (κ3) is 6.50. The van der Waals surface area contributed by atoms with E-state index in [2.05, 4.69) is 20.9 Å². The number of piperidine rings is 2. The number of hydrogen-bond donors (Lipinski definition) is 4. The summed E-state index contributed by atoms with van der Waals surface area (Å²) in [5.74, 6) is -1.60. The molecule has 0 spiro atoms. The topological polar surface area (TPSA) is 124 Å². The van der Waals surface area contributed by atoms with Crippen LogP contribution in [-0.2, 0) is 4.79 Å². The van der Waals surface area contributed by atoms with Gasteiger partial charge >= 0.3 is 5.97 Å². The fourth-order valence-electron chi connectivity index (χ4n) is 4.87. The molecule has 11 heteroatoms. The molecule has 0 unspecified atom stereocenters. The van der Waals surface area contributed by atoms with Crippen LogP contribution in [0.2, 0.25) is 0 Å². The first kappa shape index (κ1) is 26.7. The predicted octanol–water partition coefficient (Wildman–Crippen LogP) is 2.87. The van der Waals surface area contributed by atoms with Crippen molar-refractivity contribution in [2.45, 2.75) is 63.5 Å². The minimum atomic E-state index is -1.22. The van der Waals surface area contributed by atoms with Crippen molar-refractivity contribution in [3.63, 3.8) is 0 Å². The third-order valence-corrected chi connectivity index (χ3v) is 9.04. The maximum atomic E-state index is 13.1. The number of nitrogens with one attached hydrogen (secondary N) is 3. The van der Waals surface area contributed by atoms with Gasteiger partial charge in [-0.05, 0) is 69.2 Å². The Kier molecular flexibility index (Phi) is 9.10. The number of nitrogens with zero attached hydrogens (tertiary/aromatic N) is 2. The van der Waals surface area contributed by atoms with Crippen molar-refractivity contribution in [2.75, 3.05) is 32.7 Å². The molecule has 0 aliphatic carbocycles. The van der Waals surface area contributed by atoms with E-state index in [4.69, 9.17) is 4.98 Å². The maximum Gasteiger partial charge on any atom is 0.328 e. The van der Waals surface area contributed by atoms with Crippen molar-refractivity contribution in [1.82, 2.24) is 25.8 Å². The van der Waals surface area contributed by atoms with Crippen LogP contribution in [-0.4, -0.2) is 77.6 Å². The van der Waals surface area contributed by atoms with Crippen LogP contribution in [0, 0.1) is 0 Å². The third-order valence-electron chi connectivity index (χ3n) is 6.94. The number of rotatable bonds is 9. The van der Waals surface area contributed by atoms with Gasteiger partial charge in [0.25, 0.3) is 11.8 Å². The van der Waals surface area contributed by atoms with Gasteiger partial charge in [0, 0.05) is 18.5 Å². The minimum absolute atomic E-state index is 0.0689. The average Bonchev–Trinajstić information content (AvgIpc) is 3.58. The van der Waals surface area contributed by atoms with Gasteiger partial charge < -0.3 is 26.0 Å². The molecular weight excluding hydrogens is 498 g/mol. The van der Waals surface area contributed by atoms with E-state index in [1.54, 1.807) is 17.5 Å². The standard InChI is InChI=1S/C25H35N5O4S2/c1-15(2)20-21(23(32)27-14-18(25(33)34)28-22(31)19-4-3-13-35-19)36-24(29-20)16-7-11-30(12-8-16)17-5-9-26-10-6-17/h3-4,13,15-18,26H,5-12,14H2,1-2H3,(H,27,32)(H,28,31)(H,33,34)/t18-/m0/s1. The van der Waals surface area contributed by atoms with Crippen LogP contribution in [0.5, 0.6) is 0 Å². The molecule has 4 heterocycles. The van der Waals surface area contributed by atoms with Gasteiger partial charge in [-0.1, -0.05) is 19.9 Å². The summed E-state index contributed by atoms with van der Waals surface area (Å²) in [7, 11) is 0. The van der Waals surface area contributed by atoms with Crippen LogP contribution in [0.4, 0.5) is 0 Å². The van der Waals surface area contributed by atoms with Crippen LogP contribution in [0.25, 0.3) is 0 Å². The molecule has 4 N–H and O–H groups in total. The second-order valence-electron chi connectivity index (χ2n) is 9.76. The van der Waals surface area contributed by atoms with Gasteiger partial charge in [0.05, 0.1) is 15.6 Å². The number of thiophene rings is 1. The Labute approximate surface area is 219 Å². The molecule has 0 radical (unpaired) electrons. The fraction of sp³-hybridized carbons (Fsp3) is 0.600. The van der Waals surface area contributed by atoms with Crippen LogP contribution < -0.4 is 16.0 Å². The molecule has 0 aromatic carbocycles. The average molecular weight is 534 g/mol.